The molecule has 0 radical (unpaired) electrons. The van der Waals surface area contributed by atoms with Crippen LogP contribution in [0.2, 0.25) is 0 Å². The van der Waals surface area contributed by atoms with Crippen molar-refractivity contribution in [2.45, 2.75) is 99.3 Å². The van der Waals surface area contributed by atoms with Gasteiger partial charge in [-0.05, 0) is 132 Å². The first-order valence-corrected chi connectivity index (χ1v) is 27.3. The monoisotopic (exact) mass is 1030 g/mol. The van der Waals surface area contributed by atoms with Crippen molar-refractivity contribution in [2.75, 3.05) is 0 Å². The molecule has 0 atom stereocenters. The summed E-state index contributed by atoms with van der Waals surface area (Å²) in [6.07, 6.45) is 9.49. The van der Waals surface area contributed by atoms with E-state index in [1.807, 2.05) is 13.0 Å². The Balaban J connectivity index is 0.000000133. The lowest BCUT2D eigenvalue weighted by Crippen LogP contribution is -2.05. The highest BCUT2D eigenvalue weighted by molar-refractivity contribution is 6.24. The van der Waals surface area contributed by atoms with Crippen molar-refractivity contribution in [3.8, 4) is 66.8 Å². The smallest absolute Gasteiger partial charge is 0.318 e. The van der Waals surface area contributed by atoms with Crippen molar-refractivity contribution < 1.29 is 28.9 Å². The van der Waals surface area contributed by atoms with Gasteiger partial charge in [0.2, 0.25) is 0 Å². The Hall–Kier alpha value is -8.82. The van der Waals surface area contributed by atoms with Crippen LogP contribution < -0.4 is 0 Å². The Kier molecular flexibility index (Phi) is 15.9. The number of oxime groups is 3. The topological polar surface area (TPSA) is 116 Å². The molecule has 0 saturated heterocycles. The summed E-state index contributed by atoms with van der Waals surface area (Å²) < 4.78 is 0. The molecule has 78 heavy (non-hydrogen) atoms. The number of hydrogen-bond donors (Lipinski definition) is 0. The highest BCUT2D eigenvalue weighted by Crippen LogP contribution is 2.50. The summed E-state index contributed by atoms with van der Waals surface area (Å²) in [6, 6.07) is 57.5. The third-order valence-corrected chi connectivity index (χ3v) is 14.8. The number of benzene rings is 9. The molecule has 9 heteroatoms. The lowest BCUT2D eigenvalue weighted by atomic mass is 9.94. The summed E-state index contributed by atoms with van der Waals surface area (Å²) >= 11 is 0. The molecule has 12 rings (SSSR count). The molecule has 9 aromatic carbocycles. The number of hydrogen-bond acceptors (Lipinski definition) is 9. The zero-order valence-electron chi connectivity index (χ0n) is 45.2. The average molecular weight is 1030 g/mol. The summed E-state index contributed by atoms with van der Waals surface area (Å²) in [6.45, 7) is 10.4. The Bertz CT molecular complexity index is 3820. The van der Waals surface area contributed by atoms with Crippen LogP contribution in [-0.4, -0.2) is 35.0 Å². The highest BCUT2D eigenvalue weighted by atomic mass is 16.7. The molecule has 9 aromatic rings. The second kappa shape index (κ2) is 23.6. The van der Waals surface area contributed by atoms with Crippen molar-refractivity contribution in [2.24, 2.45) is 15.5 Å². The molecule has 0 aromatic heterocycles. The van der Waals surface area contributed by atoms with Crippen LogP contribution in [0, 0.1) is 0 Å². The molecule has 0 heterocycles. The van der Waals surface area contributed by atoms with Crippen molar-refractivity contribution >= 4 is 67.4 Å². The number of fused-ring (bicyclic) bond motifs is 9. The second-order valence-electron chi connectivity index (χ2n) is 20.1. The molecule has 0 bridgehead atoms. The maximum Gasteiger partial charge on any atom is 0.331 e. The van der Waals surface area contributed by atoms with Gasteiger partial charge in [0.15, 0.2) is 0 Å². The van der Waals surface area contributed by atoms with E-state index in [0.29, 0.717) is 5.71 Å². The van der Waals surface area contributed by atoms with Gasteiger partial charge in [-0.1, -0.05) is 225 Å². The highest BCUT2D eigenvalue weighted by Gasteiger charge is 2.26. The quantitative estimate of drug-likeness (QED) is 0.0437. The molecule has 0 fully saturated rings. The van der Waals surface area contributed by atoms with E-state index in [0.717, 1.165) is 78.4 Å². The largest absolute Gasteiger partial charge is 0.331 e. The maximum absolute atomic E-state index is 11.4. The zero-order chi connectivity index (χ0) is 54.3. The van der Waals surface area contributed by atoms with E-state index in [-0.39, 0.29) is 11.9 Å². The van der Waals surface area contributed by atoms with Gasteiger partial charge >= 0.3 is 17.9 Å². The third kappa shape index (κ3) is 10.5. The first-order valence-electron chi connectivity index (χ1n) is 27.3. The average Bonchev–Trinajstić information content (AvgIpc) is 4.33. The van der Waals surface area contributed by atoms with Gasteiger partial charge in [0.05, 0.1) is 17.1 Å². The number of carbonyl (C=O) groups excluding carboxylic acids is 3. The SMILES string of the molecule is CC(=O)O/N=C(/C)c1ccc2c3c(cccc13)-c1ccccc1-2.CCCCC/C(=N/OC(C)=O)c1ccc2c3c(cccc13)-c1ccccc1-2.CCCCCC/C(=N/OC(C)=O)c1ccc2c3c(cccc13)-c1ccccc1-2. The number of carbonyl (C=O) groups is 3. The van der Waals surface area contributed by atoms with Gasteiger partial charge in [-0.2, -0.15) is 0 Å². The predicted molar refractivity (Wildman–Crippen MR) is 319 cm³/mol. The predicted octanol–water partition coefficient (Wildman–Crippen LogP) is 17.8. The van der Waals surface area contributed by atoms with E-state index in [1.165, 1.54) is 127 Å². The first-order chi connectivity index (χ1) is 38.1. The van der Waals surface area contributed by atoms with E-state index in [2.05, 4.69) is 187 Å². The van der Waals surface area contributed by atoms with E-state index in [9.17, 15) is 14.4 Å². The van der Waals surface area contributed by atoms with Gasteiger partial charge < -0.3 is 14.5 Å². The van der Waals surface area contributed by atoms with Gasteiger partial charge in [-0.3, -0.25) is 0 Å². The van der Waals surface area contributed by atoms with Crippen LogP contribution in [0.25, 0.3) is 99.1 Å². The van der Waals surface area contributed by atoms with Gasteiger partial charge in [0.25, 0.3) is 0 Å². The number of nitrogens with zero attached hydrogens (tertiary/aromatic N) is 3. The van der Waals surface area contributed by atoms with Crippen molar-refractivity contribution in [1.82, 2.24) is 0 Å². The Morgan fingerprint density at radius 2 is 0.615 bits per heavy atom. The fourth-order valence-electron chi connectivity index (χ4n) is 11.4. The third-order valence-electron chi connectivity index (χ3n) is 14.8. The molecule has 3 aliphatic rings. The molecular weight excluding hydrogens is 967 g/mol. The molecule has 3 aliphatic carbocycles. The van der Waals surface area contributed by atoms with E-state index in [4.69, 9.17) is 14.5 Å². The number of rotatable bonds is 15. The molecule has 9 nitrogen and oxygen atoms in total. The summed E-state index contributed by atoms with van der Waals surface area (Å²) in [4.78, 5) is 48.5. The molecule has 0 aliphatic heterocycles. The zero-order valence-corrected chi connectivity index (χ0v) is 45.2. The fraction of sp³-hybridized carbons (Fsp3) is 0.217. The molecule has 0 N–H and O–H groups in total. The summed E-state index contributed by atoms with van der Waals surface area (Å²) in [7, 11) is 0. The van der Waals surface area contributed by atoms with Crippen LogP contribution in [0.5, 0.6) is 0 Å². The lowest BCUT2D eigenvalue weighted by Gasteiger charge is -2.11. The van der Waals surface area contributed by atoms with Crippen molar-refractivity contribution in [3.63, 3.8) is 0 Å². The summed E-state index contributed by atoms with van der Waals surface area (Å²) in [5, 5.41) is 19.6. The van der Waals surface area contributed by atoms with Crippen LogP contribution in [0.3, 0.4) is 0 Å². The van der Waals surface area contributed by atoms with Gasteiger partial charge in [-0.15, -0.1) is 0 Å². The minimum atomic E-state index is -0.414. The lowest BCUT2D eigenvalue weighted by molar-refractivity contribution is -0.141. The molecule has 0 spiro atoms. The molecule has 390 valence electrons. The van der Waals surface area contributed by atoms with E-state index in [1.54, 1.807) is 0 Å². The molecule has 0 saturated carbocycles. The van der Waals surface area contributed by atoms with E-state index < -0.39 is 5.97 Å². The van der Waals surface area contributed by atoms with Crippen LogP contribution in [-0.2, 0) is 28.9 Å². The normalized spacial score (nSPS) is 12.3. The van der Waals surface area contributed by atoms with Crippen molar-refractivity contribution in [1.29, 1.82) is 0 Å². The van der Waals surface area contributed by atoms with E-state index >= 15 is 0 Å². The standard InChI is InChI=1S/C25H25NO2.C24H23NO2.C20H15NO2/c1-3-4-5-6-14-24(26-28-17(2)27)20-15-16-23-19-11-8-7-10-18(19)21-12-9-13-22(20)25(21)23;1-3-4-5-13-23(25-27-16(2)26)19-14-15-22-18-10-7-6-9-17(18)20-11-8-12-21(19)24(20)22;1-12(21-23-13(2)22)14-10-11-19-16-7-4-3-6-15(16)18-9-5-8-17(14)20(18)19/h7-13,15-16H,3-6,14H2,1-2H3;6-12,14-15H,3-5,13H2,1-2H3;3-11H,1-2H3/b26-24-;25-23-;21-12-. The summed E-state index contributed by atoms with van der Waals surface area (Å²) in [5.74, 6) is -1.19. The maximum atomic E-state index is 11.4. The molecule has 0 amide bonds. The molecular formula is C69H63N3O6. The second-order valence-corrected chi connectivity index (χ2v) is 20.1. The van der Waals surface area contributed by atoms with Crippen LogP contribution in [0.15, 0.2) is 179 Å². The number of unbranched alkanes of at least 4 members (excludes halogenated alkanes) is 5. The first kappa shape index (κ1) is 52.6. The van der Waals surface area contributed by atoms with Crippen LogP contribution in [0.4, 0.5) is 0 Å². The van der Waals surface area contributed by atoms with Gasteiger partial charge in [0, 0.05) is 37.5 Å². The van der Waals surface area contributed by atoms with Crippen LogP contribution in [0.1, 0.15) is 116 Å². The Labute approximate surface area is 456 Å². The Morgan fingerprint density at radius 3 is 0.974 bits per heavy atom. The summed E-state index contributed by atoms with van der Waals surface area (Å²) in [5.41, 5.74) is 20.7. The minimum absolute atomic E-state index is 0.385. The van der Waals surface area contributed by atoms with Crippen molar-refractivity contribution in [3.05, 3.63) is 180 Å². The van der Waals surface area contributed by atoms with Crippen LogP contribution >= 0.6 is 0 Å². The minimum Gasteiger partial charge on any atom is -0.318 e. The fourth-order valence-corrected chi connectivity index (χ4v) is 11.4. The molecule has 0 unspecified atom stereocenters. The van der Waals surface area contributed by atoms with Gasteiger partial charge in [0.1, 0.15) is 0 Å². The Morgan fingerprint density at radius 1 is 0.321 bits per heavy atom. The van der Waals surface area contributed by atoms with Gasteiger partial charge in [-0.25, -0.2) is 14.4 Å².